The second-order valence-electron chi connectivity index (χ2n) is 6.65. The summed E-state index contributed by atoms with van der Waals surface area (Å²) in [5.41, 5.74) is -1.44. The average molecular weight is 374 g/mol. The van der Waals surface area contributed by atoms with Gasteiger partial charge in [0.2, 0.25) is 0 Å². The molecular formula is C19H25F3O4. The Morgan fingerprint density at radius 1 is 1.15 bits per heavy atom. The highest BCUT2D eigenvalue weighted by atomic mass is 19.4. The minimum absolute atomic E-state index is 0.175. The van der Waals surface area contributed by atoms with Gasteiger partial charge in [0.15, 0.2) is 0 Å². The molecule has 7 heteroatoms. The van der Waals surface area contributed by atoms with Gasteiger partial charge in [-0.1, -0.05) is 26.0 Å². The number of ether oxygens (including phenoxy) is 1. The van der Waals surface area contributed by atoms with Crippen molar-refractivity contribution in [3.05, 3.63) is 35.4 Å². The molecule has 0 saturated heterocycles. The first-order valence-electron chi connectivity index (χ1n) is 8.53. The van der Waals surface area contributed by atoms with Gasteiger partial charge in [0.25, 0.3) is 0 Å². The number of aryl methyl sites for hydroxylation is 1. The SMILES string of the molecule is CCOC(=O)CC(=O)CC(O)(CCc1ccc(C(F)(F)F)cc1)C(C)C. The van der Waals surface area contributed by atoms with Crippen LogP contribution in [-0.4, -0.2) is 29.1 Å². The van der Waals surface area contributed by atoms with Crippen molar-refractivity contribution in [3.8, 4) is 0 Å². The van der Waals surface area contributed by atoms with Crippen LogP contribution in [0, 0.1) is 5.92 Å². The van der Waals surface area contributed by atoms with E-state index in [0.29, 0.717) is 12.0 Å². The van der Waals surface area contributed by atoms with Gasteiger partial charge in [-0.25, -0.2) is 0 Å². The van der Waals surface area contributed by atoms with Gasteiger partial charge in [-0.05, 0) is 43.4 Å². The maximum atomic E-state index is 12.6. The molecule has 0 amide bonds. The van der Waals surface area contributed by atoms with Crippen molar-refractivity contribution in [1.82, 2.24) is 0 Å². The fourth-order valence-corrected chi connectivity index (χ4v) is 2.58. The number of carbonyl (C=O) groups excluding carboxylic acids is 2. The van der Waals surface area contributed by atoms with E-state index in [-0.39, 0.29) is 25.4 Å². The summed E-state index contributed by atoms with van der Waals surface area (Å²) in [6, 6.07) is 4.72. The van der Waals surface area contributed by atoms with E-state index in [1.807, 2.05) is 0 Å². The zero-order valence-corrected chi connectivity index (χ0v) is 15.2. The van der Waals surface area contributed by atoms with E-state index in [4.69, 9.17) is 4.74 Å². The van der Waals surface area contributed by atoms with Crippen molar-refractivity contribution < 1.29 is 32.6 Å². The molecule has 0 aliphatic rings. The summed E-state index contributed by atoms with van der Waals surface area (Å²) >= 11 is 0. The van der Waals surface area contributed by atoms with Crippen LogP contribution in [0.15, 0.2) is 24.3 Å². The Labute approximate surface area is 151 Å². The highest BCUT2D eigenvalue weighted by molar-refractivity contribution is 5.95. The van der Waals surface area contributed by atoms with Crippen molar-refractivity contribution in [2.24, 2.45) is 5.92 Å². The normalized spacial score (nSPS) is 14.2. The maximum absolute atomic E-state index is 12.6. The molecule has 1 atom stereocenters. The van der Waals surface area contributed by atoms with Crippen LogP contribution in [0.25, 0.3) is 0 Å². The lowest BCUT2D eigenvalue weighted by Crippen LogP contribution is -2.38. The van der Waals surface area contributed by atoms with Crippen LogP contribution in [0.3, 0.4) is 0 Å². The number of rotatable bonds is 9. The van der Waals surface area contributed by atoms with Crippen LogP contribution in [0.1, 0.15) is 51.2 Å². The highest BCUT2D eigenvalue weighted by Gasteiger charge is 2.34. The molecule has 1 unspecified atom stereocenters. The Hall–Kier alpha value is -1.89. The Morgan fingerprint density at radius 3 is 2.19 bits per heavy atom. The van der Waals surface area contributed by atoms with Crippen LogP contribution < -0.4 is 0 Å². The van der Waals surface area contributed by atoms with E-state index in [1.54, 1.807) is 20.8 Å². The number of ketones is 1. The molecular weight excluding hydrogens is 349 g/mol. The van der Waals surface area contributed by atoms with Crippen LogP contribution in [0.2, 0.25) is 0 Å². The van der Waals surface area contributed by atoms with E-state index in [1.165, 1.54) is 12.1 Å². The maximum Gasteiger partial charge on any atom is 0.416 e. The summed E-state index contributed by atoms with van der Waals surface area (Å²) in [7, 11) is 0. The number of halogens is 3. The quantitative estimate of drug-likeness (QED) is 0.525. The number of esters is 1. The second-order valence-corrected chi connectivity index (χ2v) is 6.65. The molecule has 1 aromatic rings. The third-order valence-corrected chi connectivity index (χ3v) is 4.35. The van der Waals surface area contributed by atoms with Gasteiger partial charge in [-0.15, -0.1) is 0 Å². The molecule has 0 saturated carbocycles. The topological polar surface area (TPSA) is 63.6 Å². The van der Waals surface area contributed by atoms with Gasteiger partial charge in [0, 0.05) is 6.42 Å². The summed E-state index contributed by atoms with van der Waals surface area (Å²) in [5.74, 6) is -1.32. The largest absolute Gasteiger partial charge is 0.466 e. The summed E-state index contributed by atoms with van der Waals surface area (Å²) in [4.78, 5) is 23.4. The van der Waals surface area contributed by atoms with Gasteiger partial charge in [0.05, 0.1) is 17.8 Å². The van der Waals surface area contributed by atoms with E-state index in [9.17, 15) is 27.9 Å². The molecule has 1 aromatic carbocycles. The molecule has 4 nitrogen and oxygen atoms in total. The van der Waals surface area contributed by atoms with E-state index in [0.717, 1.165) is 12.1 Å². The van der Waals surface area contributed by atoms with Gasteiger partial charge in [-0.2, -0.15) is 13.2 Å². The van der Waals surface area contributed by atoms with Crippen molar-refractivity contribution in [2.75, 3.05) is 6.61 Å². The standard InChI is InChI=1S/C19H25F3O4/c1-4-26-17(24)11-16(23)12-18(25,13(2)3)10-9-14-5-7-15(8-6-14)19(20,21)22/h5-8,13,25H,4,9-12H2,1-3H3. The van der Waals surface area contributed by atoms with Crippen molar-refractivity contribution in [1.29, 1.82) is 0 Å². The molecule has 0 spiro atoms. The molecule has 0 bridgehead atoms. The van der Waals surface area contributed by atoms with Crippen LogP contribution in [0.4, 0.5) is 13.2 Å². The smallest absolute Gasteiger partial charge is 0.416 e. The predicted octanol–water partition coefficient (Wildman–Crippen LogP) is 3.94. The zero-order chi connectivity index (χ0) is 20.0. The number of aliphatic hydroxyl groups is 1. The van der Waals surface area contributed by atoms with Crippen molar-refractivity contribution in [2.45, 2.75) is 58.2 Å². The van der Waals surface area contributed by atoms with Crippen molar-refractivity contribution in [3.63, 3.8) is 0 Å². The summed E-state index contributed by atoms with van der Waals surface area (Å²) in [5, 5.41) is 10.8. The molecule has 0 fully saturated rings. The number of Topliss-reactive ketones (excluding diaryl/α,β-unsaturated/α-hetero) is 1. The van der Waals surface area contributed by atoms with Crippen LogP contribution >= 0.6 is 0 Å². The molecule has 146 valence electrons. The predicted molar refractivity (Wildman–Crippen MR) is 90.4 cm³/mol. The van der Waals surface area contributed by atoms with E-state index >= 15 is 0 Å². The number of benzene rings is 1. The number of alkyl halides is 3. The lowest BCUT2D eigenvalue weighted by atomic mass is 9.80. The Morgan fingerprint density at radius 2 is 1.73 bits per heavy atom. The van der Waals surface area contributed by atoms with Gasteiger partial charge >= 0.3 is 12.1 Å². The first kappa shape index (κ1) is 22.2. The highest BCUT2D eigenvalue weighted by Crippen LogP contribution is 2.31. The monoisotopic (exact) mass is 374 g/mol. The summed E-state index contributed by atoms with van der Waals surface area (Å²) in [6.45, 7) is 5.32. The first-order chi connectivity index (χ1) is 12.0. The minimum Gasteiger partial charge on any atom is -0.466 e. The number of hydrogen-bond donors (Lipinski definition) is 1. The van der Waals surface area contributed by atoms with Crippen LogP contribution in [0.5, 0.6) is 0 Å². The fraction of sp³-hybridized carbons (Fsp3) is 0.579. The first-order valence-corrected chi connectivity index (χ1v) is 8.53. The number of hydrogen-bond acceptors (Lipinski definition) is 4. The van der Waals surface area contributed by atoms with Gasteiger partial charge in [0.1, 0.15) is 12.2 Å². The molecule has 26 heavy (non-hydrogen) atoms. The Bertz CT molecular complexity index is 608. The van der Waals surface area contributed by atoms with Crippen LogP contribution in [-0.2, 0) is 26.9 Å². The van der Waals surface area contributed by atoms with E-state index < -0.39 is 35.5 Å². The molecule has 1 rings (SSSR count). The Balaban J connectivity index is 2.72. The van der Waals surface area contributed by atoms with Crippen molar-refractivity contribution >= 4 is 11.8 Å². The summed E-state index contributed by atoms with van der Waals surface area (Å²) < 4.78 is 42.5. The lowest BCUT2D eigenvalue weighted by Gasteiger charge is -2.32. The Kier molecular flexibility index (Phi) is 7.81. The molecule has 0 heterocycles. The number of carbonyl (C=O) groups is 2. The molecule has 0 aromatic heterocycles. The van der Waals surface area contributed by atoms with Gasteiger partial charge in [-0.3, -0.25) is 9.59 Å². The van der Waals surface area contributed by atoms with Gasteiger partial charge < -0.3 is 9.84 Å². The molecule has 0 aliphatic heterocycles. The minimum atomic E-state index is -4.39. The third kappa shape index (κ3) is 6.78. The third-order valence-electron chi connectivity index (χ3n) is 4.35. The zero-order valence-electron chi connectivity index (χ0n) is 15.2. The summed E-state index contributed by atoms with van der Waals surface area (Å²) in [6.07, 6.45) is -4.48. The van der Waals surface area contributed by atoms with E-state index in [2.05, 4.69) is 0 Å². The molecule has 0 radical (unpaired) electrons. The molecule has 0 aliphatic carbocycles. The average Bonchev–Trinajstić information content (AvgIpc) is 2.52. The second kappa shape index (κ2) is 9.16. The fourth-order valence-electron chi connectivity index (χ4n) is 2.58. The lowest BCUT2D eigenvalue weighted by molar-refractivity contribution is -0.147. The molecule has 1 N–H and O–H groups in total.